The molecule has 1 saturated heterocycles. The highest BCUT2D eigenvalue weighted by Gasteiger charge is 2.35. The molecule has 2 fully saturated rings. The van der Waals surface area contributed by atoms with Gasteiger partial charge >= 0.3 is 0 Å². The molecule has 2 rings (SSSR count). The summed E-state index contributed by atoms with van der Waals surface area (Å²) in [5.41, 5.74) is 5.37. The molecule has 4 heteroatoms. The van der Waals surface area contributed by atoms with Crippen LogP contribution < -0.4 is 5.73 Å². The molecule has 0 bridgehead atoms. The SMILES string of the molecule is CC1CC(N)CCC1C(=O)N1CCCC(C)(O)CC1. The van der Waals surface area contributed by atoms with Gasteiger partial charge in [0.1, 0.15) is 0 Å². The van der Waals surface area contributed by atoms with Gasteiger partial charge in [-0.15, -0.1) is 0 Å². The molecular formula is C15H28N2O2. The standard InChI is InChI=1S/C15H28N2O2/c1-11-10-12(16)4-5-13(11)14(18)17-8-3-6-15(2,19)7-9-17/h11-13,19H,3-10,16H2,1-2H3. The fourth-order valence-electron chi connectivity index (χ4n) is 3.52. The maximum atomic E-state index is 12.6. The largest absolute Gasteiger partial charge is 0.390 e. The Morgan fingerprint density at radius 1 is 1.32 bits per heavy atom. The molecule has 4 unspecified atom stereocenters. The fourth-order valence-corrected chi connectivity index (χ4v) is 3.52. The monoisotopic (exact) mass is 268 g/mol. The van der Waals surface area contributed by atoms with Gasteiger partial charge in [0.05, 0.1) is 5.60 Å². The highest BCUT2D eigenvalue weighted by atomic mass is 16.3. The number of carbonyl (C=O) groups excluding carboxylic acids is 1. The van der Waals surface area contributed by atoms with Crippen LogP contribution in [0.5, 0.6) is 0 Å². The zero-order chi connectivity index (χ0) is 14.0. The first kappa shape index (κ1) is 14.8. The highest BCUT2D eigenvalue weighted by Crippen LogP contribution is 2.32. The normalized spacial score (nSPS) is 40.8. The smallest absolute Gasteiger partial charge is 0.225 e. The Balaban J connectivity index is 1.95. The second kappa shape index (κ2) is 5.80. The molecule has 0 radical (unpaired) electrons. The Morgan fingerprint density at radius 3 is 2.74 bits per heavy atom. The number of carbonyl (C=O) groups is 1. The van der Waals surface area contributed by atoms with Gasteiger partial charge in [0.15, 0.2) is 0 Å². The van der Waals surface area contributed by atoms with Gasteiger partial charge < -0.3 is 15.7 Å². The van der Waals surface area contributed by atoms with Crippen LogP contribution in [-0.4, -0.2) is 40.6 Å². The first-order chi connectivity index (χ1) is 8.89. The summed E-state index contributed by atoms with van der Waals surface area (Å²) in [5, 5.41) is 10.1. The van der Waals surface area contributed by atoms with Crippen LogP contribution in [0, 0.1) is 11.8 Å². The number of hydrogen-bond donors (Lipinski definition) is 2. The Morgan fingerprint density at radius 2 is 2.05 bits per heavy atom. The predicted octanol–water partition coefficient (Wildman–Crippen LogP) is 1.51. The number of nitrogens with zero attached hydrogens (tertiary/aromatic N) is 1. The zero-order valence-electron chi connectivity index (χ0n) is 12.3. The molecule has 110 valence electrons. The minimum atomic E-state index is -0.602. The molecular weight excluding hydrogens is 240 g/mol. The van der Waals surface area contributed by atoms with Gasteiger partial charge in [-0.1, -0.05) is 6.92 Å². The molecule has 1 heterocycles. The maximum absolute atomic E-state index is 12.6. The van der Waals surface area contributed by atoms with Gasteiger partial charge in [0, 0.05) is 25.0 Å². The van der Waals surface area contributed by atoms with Gasteiger partial charge in [-0.2, -0.15) is 0 Å². The number of hydrogen-bond acceptors (Lipinski definition) is 3. The molecule has 4 atom stereocenters. The summed E-state index contributed by atoms with van der Waals surface area (Å²) >= 11 is 0. The topological polar surface area (TPSA) is 66.6 Å². The molecule has 0 aromatic heterocycles. The van der Waals surface area contributed by atoms with Crippen molar-refractivity contribution in [2.45, 2.75) is 64.0 Å². The molecule has 1 aliphatic carbocycles. The quantitative estimate of drug-likeness (QED) is 0.757. The molecule has 2 aliphatic rings. The van der Waals surface area contributed by atoms with Gasteiger partial charge in [0.2, 0.25) is 5.91 Å². The van der Waals surface area contributed by atoms with E-state index in [0.717, 1.165) is 38.6 Å². The third kappa shape index (κ3) is 3.69. The van der Waals surface area contributed by atoms with Crippen molar-refractivity contribution in [3.8, 4) is 0 Å². The van der Waals surface area contributed by atoms with E-state index in [2.05, 4.69) is 6.92 Å². The summed E-state index contributed by atoms with van der Waals surface area (Å²) in [7, 11) is 0. The summed E-state index contributed by atoms with van der Waals surface area (Å²) in [6, 6.07) is 0.268. The average molecular weight is 268 g/mol. The first-order valence-corrected chi connectivity index (χ1v) is 7.66. The molecule has 1 aliphatic heterocycles. The lowest BCUT2D eigenvalue weighted by Gasteiger charge is -2.35. The molecule has 1 saturated carbocycles. The van der Waals surface area contributed by atoms with Crippen molar-refractivity contribution in [3.05, 3.63) is 0 Å². The van der Waals surface area contributed by atoms with Crippen molar-refractivity contribution in [1.82, 2.24) is 4.90 Å². The highest BCUT2D eigenvalue weighted by molar-refractivity contribution is 5.79. The summed E-state index contributed by atoms with van der Waals surface area (Å²) in [5.74, 6) is 0.819. The van der Waals surface area contributed by atoms with Crippen molar-refractivity contribution >= 4 is 5.91 Å². The Bertz CT molecular complexity index is 330. The minimum Gasteiger partial charge on any atom is -0.390 e. The van der Waals surface area contributed by atoms with Gasteiger partial charge in [-0.3, -0.25) is 4.79 Å². The van der Waals surface area contributed by atoms with E-state index in [1.165, 1.54) is 0 Å². The number of likely N-dealkylation sites (tertiary alicyclic amines) is 1. The molecule has 0 aromatic carbocycles. The van der Waals surface area contributed by atoms with Crippen LogP contribution in [0.3, 0.4) is 0 Å². The fraction of sp³-hybridized carbons (Fsp3) is 0.933. The number of amides is 1. The lowest BCUT2D eigenvalue weighted by atomic mass is 9.77. The van der Waals surface area contributed by atoms with Gasteiger partial charge in [0.25, 0.3) is 0 Å². The predicted molar refractivity (Wildman–Crippen MR) is 75.5 cm³/mol. The van der Waals surface area contributed by atoms with E-state index in [4.69, 9.17) is 5.73 Å². The second-order valence-corrected chi connectivity index (χ2v) is 6.83. The van der Waals surface area contributed by atoms with E-state index < -0.39 is 5.60 Å². The van der Waals surface area contributed by atoms with Crippen molar-refractivity contribution < 1.29 is 9.90 Å². The third-order valence-corrected chi connectivity index (χ3v) is 4.90. The number of aliphatic hydroxyl groups is 1. The second-order valence-electron chi connectivity index (χ2n) is 6.83. The molecule has 0 spiro atoms. The van der Waals surface area contributed by atoms with Crippen molar-refractivity contribution in [1.29, 1.82) is 0 Å². The summed E-state index contributed by atoms with van der Waals surface area (Å²) in [6.45, 7) is 5.52. The van der Waals surface area contributed by atoms with Crippen LogP contribution in [0.25, 0.3) is 0 Å². The number of nitrogens with two attached hydrogens (primary N) is 1. The zero-order valence-corrected chi connectivity index (χ0v) is 12.3. The Labute approximate surface area is 116 Å². The van der Waals surface area contributed by atoms with Crippen LogP contribution in [-0.2, 0) is 4.79 Å². The summed E-state index contributed by atoms with van der Waals surface area (Å²) in [6.07, 6.45) is 5.24. The van der Waals surface area contributed by atoms with E-state index in [0.29, 0.717) is 18.9 Å². The van der Waals surface area contributed by atoms with E-state index in [1.54, 1.807) is 0 Å². The lowest BCUT2D eigenvalue weighted by molar-refractivity contribution is -0.138. The van der Waals surface area contributed by atoms with Gasteiger partial charge in [-0.05, 0) is 51.4 Å². The number of rotatable bonds is 1. The molecule has 0 aromatic rings. The molecule has 1 amide bonds. The van der Waals surface area contributed by atoms with Gasteiger partial charge in [-0.25, -0.2) is 0 Å². The molecule has 19 heavy (non-hydrogen) atoms. The van der Waals surface area contributed by atoms with Crippen LogP contribution >= 0.6 is 0 Å². The van der Waals surface area contributed by atoms with E-state index >= 15 is 0 Å². The molecule has 3 N–H and O–H groups in total. The first-order valence-electron chi connectivity index (χ1n) is 7.66. The van der Waals surface area contributed by atoms with Crippen LogP contribution in [0.4, 0.5) is 0 Å². The van der Waals surface area contributed by atoms with E-state index in [9.17, 15) is 9.90 Å². The van der Waals surface area contributed by atoms with Crippen molar-refractivity contribution in [2.75, 3.05) is 13.1 Å². The van der Waals surface area contributed by atoms with Crippen LogP contribution in [0.15, 0.2) is 0 Å². The Hall–Kier alpha value is -0.610. The third-order valence-electron chi connectivity index (χ3n) is 4.90. The maximum Gasteiger partial charge on any atom is 0.225 e. The summed E-state index contributed by atoms with van der Waals surface area (Å²) < 4.78 is 0. The van der Waals surface area contributed by atoms with Crippen LogP contribution in [0.2, 0.25) is 0 Å². The van der Waals surface area contributed by atoms with E-state index in [1.807, 2.05) is 11.8 Å². The van der Waals surface area contributed by atoms with Crippen molar-refractivity contribution in [3.63, 3.8) is 0 Å². The Kier molecular flexibility index (Phi) is 4.51. The van der Waals surface area contributed by atoms with Crippen LogP contribution in [0.1, 0.15) is 52.4 Å². The van der Waals surface area contributed by atoms with Crippen molar-refractivity contribution in [2.24, 2.45) is 17.6 Å². The molecule has 4 nitrogen and oxygen atoms in total. The van der Waals surface area contributed by atoms with E-state index in [-0.39, 0.29) is 17.9 Å². The summed E-state index contributed by atoms with van der Waals surface area (Å²) in [4.78, 5) is 14.6. The lowest BCUT2D eigenvalue weighted by Crippen LogP contribution is -2.43. The average Bonchev–Trinajstić information content (AvgIpc) is 2.49. The minimum absolute atomic E-state index is 0.142.